The Balaban J connectivity index is 1.62. The van der Waals surface area contributed by atoms with Gasteiger partial charge in [-0.15, -0.1) is 0 Å². The van der Waals surface area contributed by atoms with E-state index in [4.69, 9.17) is 5.26 Å². The zero-order valence-electron chi connectivity index (χ0n) is 15.2. The number of hydrogen-bond acceptors (Lipinski definition) is 4. The monoisotopic (exact) mass is 363 g/mol. The second-order valence-electron chi connectivity index (χ2n) is 6.84. The van der Waals surface area contributed by atoms with Gasteiger partial charge >= 0.3 is 5.97 Å². The Morgan fingerprint density at radius 2 is 1.93 bits per heavy atom. The number of carboxylic acid groups (broad SMARTS) is 1. The van der Waals surface area contributed by atoms with E-state index in [1.165, 1.54) is 0 Å². The summed E-state index contributed by atoms with van der Waals surface area (Å²) in [7, 11) is 0. The third kappa shape index (κ3) is 4.14. The number of aryl methyl sites for hydroxylation is 1. The lowest BCUT2D eigenvalue weighted by Crippen LogP contribution is -2.39. The second-order valence-corrected chi connectivity index (χ2v) is 6.84. The first-order chi connectivity index (χ1) is 13.0. The first kappa shape index (κ1) is 18.6. The average molecular weight is 363 g/mol. The van der Waals surface area contributed by atoms with Crippen LogP contribution in [0.15, 0.2) is 36.4 Å². The van der Waals surface area contributed by atoms with Crippen LogP contribution in [0.4, 0.5) is 0 Å². The van der Waals surface area contributed by atoms with E-state index in [0.29, 0.717) is 47.9 Å². The molecule has 1 amide bonds. The first-order valence-electron chi connectivity index (χ1n) is 8.98. The molecule has 0 radical (unpaired) electrons. The van der Waals surface area contributed by atoms with Crippen LogP contribution in [0.2, 0.25) is 0 Å². The molecule has 1 aromatic carbocycles. The van der Waals surface area contributed by atoms with E-state index < -0.39 is 5.97 Å². The van der Waals surface area contributed by atoms with E-state index in [1.807, 2.05) is 12.1 Å². The third-order valence-corrected chi connectivity index (χ3v) is 5.08. The quantitative estimate of drug-likeness (QED) is 0.901. The molecule has 6 nitrogen and oxygen atoms in total. The molecule has 1 aliphatic heterocycles. The minimum absolute atomic E-state index is 0.119. The summed E-state index contributed by atoms with van der Waals surface area (Å²) in [6, 6.07) is 12.4. The summed E-state index contributed by atoms with van der Waals surface area (Å²) < 4.78 is 0. The Bertz CT molecular complexity index is 909. The average Bonchev–Trinajstić information content (AvgIpc) is 2.68. The Labute approximate surface area is 158 Å². The number of nitrogens with zero attached hydrogens (tertiary/aromatic N) is 3. The van der Waals surface area contributed by atoms with Crippen molar-refractivity contribution in [3.8, 4) is 6.07 Å². The number of carbonyl (C=O) groups excluding carboxylic acids is 1. The van der Waals surface area contributed by atoms with Crippen molar-refractivity contribution < 1.29 is 14.7 Å². The van der Waals surface area contributed by atoms with E-state index in [-0.39, 0.29) is 5.91 Å². The van der Waals surface area contributed by atoms with Crippen LogP contribution in [0, 0.1) is 24.2 Å². The Morgan fingerprint density at radius 1 is 1.22 bits per heavy atom. The van der Waals surface area contributed by atoms with Crippen LogP contribution < -0.4 is 0 Å². The Kier molecular flexibility index (Phi) is 5.51. The van der Waals surface area contributed by atoms with Crippen molar-refractivity contribution in [3.05, 3.63) is 64.5 Å². The summed E-state index contributed by atoms with van der Waals surface area (Å²) in [4.78, 5) is 30.1. The van der Waals surface area contributed by atoms with Gasteiger partial charge in [0.1, 0.15) is 11.8 Å². The molecular formula is C21H21N3O3. The van der Waals surface area contributed by atoms with Gasteiger partial charge < -0.3 is 10.0 Å². The van der Waals surface area contributed by atoms with Crippen molar-refractivity contribution in [1.29, 1.82) is 5.26 Å². The van der Waals surface area contributed by atoms with Gasteiger partial charge in [-0.3, -0.25) is 4.79 Å². The van der Waals surface area contributed by atoms with Crippen molar-refractivity contribution in [1.82, 2.24) is 9.88 Å². The summed E-state index contributed by atoms with van der Waals surface area (Å²) in [6.45, 7) is 2.97. The molecule has 3 rings (SSSR count). The van der Waals surface area contributed by atoms with Gasteiger partial charge in [0.25, 0.3) is 5.91 Å². The van der Waals surface area contributed by atoms with E-state index in [2.05, 4.69) is 11.1 Å². The zero-order chi connectivity index (χ0) is 19.4. The van der Waals surface area contributed by atoms with Crippen LogP contribution >= 0.6 is 0 Å². The fourth-order valence-electron chi connectivity index (χ4n) is 3.52. The summed E-state index contributed by atoms with van der Waals surface area (Å²) in [6.07, 6.45) is 2.36. The van der Waals surface area contributed by atoms with E-state index in [1.54, 1.807) is 36.1 Å². The zero-order valence-corrected chi connectivity index (χ0v) is 15.2. The molecular weight excluding hydrogens is 342 g/mol. The number of nitriles is 1. The number of carboxylic acids is 1. The third-order valence-electron chi connectivity index (χ3n) is 5.08. The molecule has 0 saturated carbocycles. The summed E-state index contributed by atoms with van der Waals surface area (Å²) in [5.41, 5.74) is 2.60. The van der Waals surface area contributed by atoms with Crippen molar-refractivity contribution in [2.45, 2.75) is 26.2 Å². The van der Waals surface area contributed by atoms with Gasteiger partial charge in [0.2, 0.25) is 0 Å². The molecule has 2 aromatic rings. The number of carbonyl (C=O) groups is 2. The number of hydrogen-bond donors (Lipinski definition) is 1. The highest BCUT2D eigenvalue weighted by atomic mass is 16.4. The van der Waals surface area contributed by atoms with Crippen LogP contribution in [-0.4, -0.2) is 40.0 Å². The highest BCUT2D eigenvalue weighted by molar-refractivity contribution is 5.92. The summed E-state index contributed by atoms with van der Waals surface area (Å²) >= 11 is 0. The minimum Gasteiger partial charge on any atom is -0.478 e. The number of benzene rings is 1. The maximum atomic E-state index is 12.7. The lowest BCUT2D eigenvalue weighted by Gasteiger charge is -2.32. The van der Waals surface area contributed by atoms with Crippen molar-refractivity contribution in [2.75, 3.05) is 13.1 Å². The highest BCUT2D eigenvalue weighted by Gasteiger charge is 2.25. The van der Waals surface area contributed by atoms with Crippen LogP contribution in [-0.2, 0) is 6.42 Å². The maximum absolute atomic E-state index is 12.7. The molecule has 6 heteroatoms. The molecule has 1 saturated heterocycles. The number of pyridine rings is 1. The van der Waals surface area contributed by atoms with Crippen LogP contribution in [0.25, 0.3) is 0 Å². The highest BCUT2D eigenvalue weighted by Crippen LogP contribution is 2.24. The van der Waals surface area contributed by atoms with Gasteiger partial charge in [0.05, 0.1) is 16.8 Å². The largest absolute Gasteiger partial charge is 0.478 e. The fraction of sp³-hybridized carbons (Fsp3) is 0.333. The first-order valence-corrected chi connectivity index (χ1v) is 8.98. The smallest absolute Gasteiger partial charge is 0.335 e. The van der Waals surface area contributed by atoms with Crippen LogP contribution in [0.1, 0.15) is 50.5 Å². The number of likely N-dealkylation sites (tertiary alicyclic amines) is 1. The standard InChI is InChI=1S/C21H21N3O3/c1-14-17(13-22)6-7-19(23-14)20(25)24-10-8-15(9-11-24)12-16-4-2-3-5-18(16)21(26)27/h2-7,15H,8-12H2,1H3,(H,26,27). The van der Waals surface area contributed by atoms with Gasteiger partial charge in [-0.2, -0.15) is 5.26 Å². The molecule has 1 N–H and O–H groups in total. The molecule has 0 spiro atoms. The lowest BCUT2D eigenvalue weighted by atomic mass is 9.88. The lowest BCUT2D eigenvalue weighted by molar-refractivity contribution is 0.0684. The SMILES string of the molecule is Cc1nc(C(=O)N2CCC(Cc3ccccc3C(=O)O)CC2)ccc1C#N. The number of rotatable bonds is 4. The molecule has 0 aliphatic carbocycles. The van der Waals surface area contributed by atoms with Crippen molar-refractivity contribution in [2.24, 2.45) is 5.92 Å². The minimum atomic E-state index is -0.902. The summed E-state index contributed by atoms with van der Waals surface area (Å²) in [5.74, 6) is -0.669. The molecule has 0 atom stereocenters. The molecule has 0 unspecified atom stereocenters. The van der Waals surface area contributed by atoms with Gasteiger partial charge in [-0.1, -0.05) is 18.2 Å². The molecule has 27 heavy (non-hydrogen) atoms. The van der Waals surface area contributed by atoms with Gasteiger partial charge in [-0.05, 0) is 55.9 Å². The van der Waals surface area contributed by atoms with Gasteiger partial charge in [-0.25, -0.2) is 9.78 Å². The van der Waals surface area contributed by atoms with Gasteiger partial charge in [0.15, 0.2) is 0 Å². The Morgan fingerprint density at radius 3 is 2.56 bits per heavy atom. The predicted octanol–water partition coefficient (Wildman–Crippen LogP) is 3.05. The molecule has 2 heterocycles. The van der Waals surface area contributed by atoms with Crippen LogP contribution in [0.5, 0.6) is 0 Å². The predicted molar refractivity (Wildman–Crippen MR) is 99.4 cm³/mol. The van der Waals surface area contributed by atoms with Crippen molar-refractivity contribution in [3.63, 3.8) is 0 Å². The van der Waals surface area contributed by atoms with Gasteiger partial charge in [0, 0.05) is 13.1 Å². The topological polar surface area (TPSA) is 94.3 Å². The number of piperidine rings is 1. The summed E-state index contributed by atoms with van der Waals surface area (Å²) in [5, 5.41) is 18.3. The number of aromatic nitrogens is 1. The van der Waals surface area contributed by atoms with E-state index in [0.717, 1.165) is 18.4 Å². The molecule has 0 bridgehead atoms. The second kappa shape index (κ2) is 8.00. The molecule has 1 fully saturated rings. The fourth-order valence-corrected chi connectivity index (χ4v) is 3.52. The molecule has 1 aromatic heterocycles. The molecule has 1 aliphatic rings. The maximum Gasteiger partial charge on any atom is 0.335 e. The van der Waals surface area contributed by atoms with E-state index in [9.17, 15) is 14.7 Å². The number of aromatic carboxylic acids is 1. The van der Waals surface area contributed by atoms with Crippen molar-refractivity contribution >= 4 is 11.9 Å². The van der Waals surface area contributed by atoms with E-state index >= 15 is 0 Å². The molecule has 138 valence electrons. The normalized spacial score (nSPS) is 14.6. The number of amides is 1. The van der Waals surface area contributed by atoms with Crippen LogP contribution in [0.3, 0.4) is 0 Å². The Hall–Kier alpha value is -3.20.